The van der Waals surface area contributed by atoms with Gasteiger partial charge in [0.2, 0.25) is 5.91 Å². The highest BCUT2D eigenvalue weighted by Crippen LogP contribution is 2.26. The predicted molar refractivity (Wildman–Crippen MR) is 121 cm³/mol. The molecule has 1 aromatic carbocycles. The van der Waals surface area contributed by atoms with Crippen molar-refractivity contribution in [1.29, 1.82) is 0 Å². The third-order valence-electron chi connectivity index (χ3n) is 5.34. The molecule has 3 aromatic rings. The van der Waals surface area contributed by atoms with E-state index in [4.69, 9.17) is 23.2 Å². The van der Waals surface area contributed by atoms with Crippen molar-refractivity contribution < 1.29 is 9.59 Å². The lowest BCUT2D eigenvalue weighted by Gasteiger charge is -2.16. The standard InChI is InChI=1S/C23H22Cl2N4O2/c1-14-10-21(29(28-14)23-19(25)12-18(24)13-26-23)27-22(31)9-8-20(30)17-7-6-15-4-2-3-5-16(15)11-17/h6-7,10-13H,2-5,8-9H2,1H3,(H,27,31). The molecule has 0 saturated heterocycles. The van der Waals surface area contributed by atoms with Crippen LogP contribution in [0.25, 0.3) is 5.82 Å². The number of nitrogens with zero attached hydrogens (tertiary/aromatic N) is 3. The van der Waals surface area contributed by atoms with E-state index in [1.54, 1.807) is 19.1 Å². The van der Waals surface area contributed by atoms with Crippen LogP contribution in [-0.4, -0.2) is 26.5 Å². The summed E-state index contributed by atoms with van der Waals surface area (Å²) >= 11 is 12.2. The number of aryl methyl sites for hydroxylation is 3. The van der Waals surface area contributed by atoms with E-state index in [-0.39, 0.29) is 24.5 Å². The average Bonchev–Trinajstić information content (AvgIpc) is 3.11. The van der Waals surface area contributed by atoms with Crippen LogP contribution in [0, 0.1) is 6.92 Å². The fourth-order valence-electron chi connectivity index (χ4n) is 3.80. The fourth-order valence-corrected chi connectivity index (χ4v) is 4.26. The largest absolute Gasteiger partial charge is 0.311 e. The van der Waals surface area contributed by atoms with E-state index in [1.165, 1.54) is 28.4 Å². The second kappa shape index (κ2) is 9.20. The molecule has 0 saturated carbocycles. The highest BCUT2D eigenvalue weighted by Gasteiger charge is 2.17. The molecule has 0 unspecified atom stereocenters. The second-order valence-corrected chi connectivity index (χ2v) is 8.55. The smallest absolute Gasteiger partial charge is 0.225 e. The van der Waals surface area contributed by atoms with Gasteiger partial charge in [-0.3, -0.25) is 9.59 Å². The maximum atomic E-state index is 12.6. The lowest BCUT2D eigenvalue weighted by Crippen LogP contribution is -2.17. The molecule has 0 fully saturated rings. The van der Waals surface area contributed by atoms with Gasteiger partial charge in [-0.05, 0) is 55.9 Å². The van der Waals surface area contributed by atoms with Gasteiger partial charge in [0.05, 0.1) is 15.7 Å². The summed E-state index contributed by atoms with van der Waals surface area (Å²) in [6.45, 7) is 1.80. The van der Waals surface area contributed by atoms with Crippen LogP contribution in [0.15, 0.2) is 36.5 Å². The van der Waals surface area contributed by atoms with Crippen molar-refractivity contribution in [2.24, 2.45) is 0 Å². The summed E-state index contributed by atoms with van der Waals surface area (Å²) in [7, 11) is 0. The lowest BCUT2D eigenvalue weighted by molar-refractivity contribution is -0.116. The Bertz CT molecular complexity index is 1160. The molecule has 1 N–H and O–H groups in total. The molecule has 1 aliphatic carbocycles. The van der Waals surface area contributed by atoms with Crippen molar-refractivity contribution in [2.75, 3.05) is 5.32 Å². The van der Waals surface area contributed by atoms with Gasteiger partial charge in [-0.1, -0.05) is 35.3 Å². The van der Waals surface area contributed by atoms with Crippen LogP contribution in [0.5, 0.6) is 0 Å². The number of aromatic nitrogens is 3. The van der Waals surface area contributed by atoms with Crippen molar-refractivity contribution in [3.05, 3.63) is 69.0 Å². The molecule has 1 amide bonds. The number of carbonyl (C=O) groups excluding carboxylic acids is 2. The van der Waals surface area contributed by atoms with Gasteiger partial charge in [0.25, 0.3) is 0 Å². The Morgan fingerprint density at radius 1 is 1.06 bits per heavy atom. The number of Topliss-reactive ketones (excluding diaryl/α,β-unsaturated/α-hetero) is 1. The summed E-state index contributed by atoms with van der Waals surface area (Å²) < 4.78 is 1.46. The quantitative estimate of drug-likeness (QED) is 0.506. The van der Waals surface area contributed by atoms with E-state index in [2.05, 4.69) is 15.4 Å². The first kappa shape index (κ1) is 21.5. The summed E-state index contributed by atoms with van der Waals surface area (Å²) in [5, 5.41) is 7.88. The number of pyridine rings is 1. The van der Waals surface area contributed by atoms with Crippen LogP contribution in [0.4, 0.5) is 5.82 Å². The van der Waals surface area contributed by atoms with Crippen molar-refractivity contribution in [3.63, 3.8) is 0 Å². The van der Waals surface area contributed by atoms with E-state index in [9.17, 15) is 9.59 Å². The van der Waals surface area contributed by atoms with E-state index in [1.807, 2.05) is 18.2 Å². The molecule has 31 heavy (non-hydrogen) atoms. The monoisotopic (exact) mass is 456 g/mol. The minimum Gasteiger partial charge on any atom is -0.311 e. The Balaban J connectivity index is 1.42. The molecule has 8 heteroatoms. The molecule has 2 aromatic heterocycles. The number of fused-ring (bicyclic) bond motifs is 1. The van der Waals surface area contributed by atoms with Gasteiger partial charge in [-0.2, -0.15) is 9.78 Å². The number of hydrogen-bond acceptors (Lipinski definition) is 4. The third-order valence-corrected chi connectivity index (χ3v) is 5.82. The highest BCUT2D eigenvalue weighted by atomic mass is 35.5. The Morgan fingerprint density at radius 2 is 1.84 bits per heavy atom. The molecule has 0 radical (unpaired) electrons. The number of nitrogens with one attached hydrogen (secondary N) is 1. The van der Waals surface area contributed by atoms with Gasteiger partial charge < -0.3 is 5.32 Å². The average molecular weight is 457 g/mol. The zero-order chi connectivity index (χ0) is 22.0. The molecule has 2 heterocycles. The van der Waals surface area contributed by atoms with E-state index < -0.39 is 0 Å². The number of carbonyl (C=O) groups is 2. The Labute approximate surface area is 190 Å². The predicted octanol–water partition coefficient (Wildman–Crippen LogP) is 5.36. The van der Waals surface area contributed by atoms with Gasteiger partial charge in [-0.15, -0.1) is 0 Å². The topological polar surface area (TPSA) is 76.9 Å². The summed E-state index contributed by atoms with van der Waals surface area (Å²) in [6.07, 6.45) is 6.12. The maximum Gasteiger partial charge on any atom is 0.225 e. The number of benzene rings is 1. The minimum atomic E-state index is -0.280. The summed E-state index contributed by atoms with van der Waals surface area (Å²) in [4.78, 5) is 29.4. The molecule has 6 nitrogen and oxygen atoms in total. The Hall–Kier alpha value is -2.70. The maximum absolute atomic E-state index is 12.6. The first-order valence-electron chi connectivity index (χ1n) is 10.2. The first-order chi connectivity index (χ1) is 14.9. The zero-order valence-corrected chi connectivity index (χ0v) is 18.6. The van der Waals surface area contributed by atoms with Crippen LogP contribution in [0.2, 0.25) is 10.0 Å². The third kappa shape index (κ3) is 4.97. The van der Waals surface area contributed by atoms with Crippen LogP contribution < -0.4 is 5.32 Å². The number of amides is 1. The lowest BCUT2D eigenvalue weighted by atomic mass is 9.89. The molecule has 0 atom stereocenters. The zero-order valence-electron chi connectivity index (χ0n) is 17.1. The van der Waals surface area contributed by atoms with Crippen LogP contribution in [0.1, 0.15) is 52.9 Å². The molecule has 1 aliphatic rings. The SMILES string of the molecule is Cc1cc(NC(=O)CCC(=O)c2ccc3c(c2)CCCC3)n(-c2ncc(Cl)cc2Cl)n1. The molecule has 0 bridgehead atoms. The van der Waals surface area contributed by atoms with E-state index in [0.29, 0.717) is 32.9 Å². The molecule has 0 aliphatic heterocycles. The Kier molecular flexibility index (Phi) is 6.39. The first-order valence-corrected chi connectivity index (χ1v) is 11.0. The molecular formula is C23H22Cl2N4O2. The molecular weight excluding hydrogens is 435 g/mol. The van der Waals surface area contributed by atoms with Crippen LogP contribution in [-0.2, 0) is 17.6 Å². The van der Waals surface area contributed by atoms with E-state index >= 15 is 0 Å². The van der Waals surface area contributed by atoms with Gasteiger partial charge in [0.15, 0.2) is 11.6 Å². The van der Waals surface area contributed by atoms with Gasteiger partial charge in [-0.25, -0.2) is 4.98 Å². The van der Waals surface area contributed by atoms with Gasteiger partial charge in [0, 0.05) is 30.7 Å². The number of rotatable bonds is 6. The molecule has 4 rings (SSSR count). The summed E-state index contributed by atoms with van der Waals surface area (Å²) in [5.74, 6) is 0.480. The van der Waals surface area contributed by atoms with E-state index in [0.717, 1.165) is 19.3 Å². The van der Waals surface area contributed by atoms with Gasteiger partial charge in [0.1, 0.15) is 5.82 Å². The van der Waals surface area contributed by atoms with Gasteiger partial charge >= 0.3 is 0 Å². The van der Waals surface area contributed by atoms with Crippen molar-refractivity contribution in [3.8, 4) is 5.82 Å². The Morgan fingerprint density at radius 3 is 2.61 bits per heavy atom. The van der Waals surface area contributed by atoms with Crippen molar-refractivity contribution >= 4 is 40.7 Å². The number of ketones is 1. The highest BCUT2D eigenvalue weighted by molar-refractivity contribution is 6.35. The summed E-state index contributed by atoms with van der Waals surface area (Å²) in [5.41, 5.74) is 3.95. The number of hydrogen-bond donors (Lipinski definition) is 1. The van der Waals surface area contributed by atoms with Crippen LogP contribution >= 0.6 is 23.2 Å². The number of halogens is 2. The van der Waals surface area contributed by atoms with Crippen molar-refractivity contribution in [2.45, 2.75) is 45.4 Å². The molecule has 0 spiro atoms. The fraction of sp³-hybridized carbons (Fsp3) is 0.304. The second-order valence-electron chi connectivity index (χ2n) is 7.70. The number of anilines is 1. The molecule has 160 valence electrons. The van der Waals surface area contributed by atoms with Crippen molar-refractivity contribution in [1.82, 2.24) is 14.8 Å². The minimum absolute atomic E-state index is 0.0318. The normalized spacial score (nSPS) is 13.0. The summed E-state index contributed by atoms with van der Waals surface area (Å²) in [6, 6.07) is 9.19. The van der Waals surface area contributed by atoms with Crippen LogP contribution in [0.3, 0.4) is 0 Å².